The van der Waals surface area contributed by atoms with E-state index in [-0.39, 0.29) is 24.5 Å². The maximum absolute atomic E-state index is 12.3. The summed E-state index contributed by atoms with van der Waals surface area (Å²) in [6.07, 6.45) is 3.23. The lowest BCUT2D eigenvalue weighted by Crippen LogP contribution is -2.51. The number of carbonyl (C=O) groups is 2. The molecule has 2 aliphatic rings. The third-order valence-corrected chi connectivity index (χ3v) is 4.81. The number of aryl methyl sites for hydroxylation is 1. The molecule has 6 heteroatoms. The fourth-order valence-electron chi connectivity index (χ4n) is 3.48. The molecule has 1 saturated carbocycles. The third kappa shape index (κ3) is 3.53. The van der Waals surface area contributed by atoms with Crippen LogP contribution < -0.4 is 15.4 Å². The van der Waals surface area contributed by atoms with E-state index >= 15 is 0 Å². The maximum atomic E-state index is 12.3. The third-order valence-electron chi connectivity index (χ3n) is 4.81. The SMILES string of the molecule is COCC(=O)NC1CCC2(CC1)CNC(=O)c1cc(C)ccc1O2. The smallest absolute Gasteiger partial charge is 0.255 e. The summed E-state index contributed by atoms with van der Waals surface area (Å²) >= 11 is 0. The minimum absolute atomic E-state index is 0.0823. The summed E-state index contributed by atoms with van der Waals surface area (Å²) in [5.41, 5.74) is 1.24. The zero-order valence-electron chi connectivity index (χ0n) is 14.2. The first-order chi connectivity index (χ1) is 11.5. The number of nitrogens with one attached hydrogen (secondary N) is 2. The van der Waals surface area contributed by atoms with Crippen molar-refractivity contribution in [3.05, 3.63) is 29.3 Å². The van der Waals surface area contributed by atoms with Gasteiger partial charge in [-0.2, -0.15) is 0 Å². The second-order valence-electron chi connectivity index (χ2n) is 6.74. The number of methoxy groups -OCH3 is 1. The minimum atomic E-state index is -0.390. The first kappa shape index (κ1) is 16.8. The average Bonchev–Trinajstić information content (AvgIpc) is 2.69. The Morgan fingerprint density at radius 3 is 2.88 bits per heavy atom. The standard InChI is InChI=1S/C18H24N2O4/c1-12-3-4-15-14(9-12)17(22)19-11-18(24-15)7-5-13(6-8-18)20-16(21)10-23-2/h3-4,9,13H,5-8,10-11H2,1-2H3,(H,19,22)(H,20,21). The fourth-order valence-corrected chi connectivity index (χ4v) is 3.48. The minimum Gasteiger partial charge on any atom is -0.485 e. The normalized spacial score (nSPS) is 26.1. The van der Waals surface area contributed by atoms with Gasteiger partial charge in [0, 0.05) is 13.2 Å². The average molecular weight is 332 g/mol. The van der Waals surface area contributed by atoms with Gasteiger partial charge in [0.05, 0.1) is 12.1 Å². The van der Waals surface area contributed by atoms with Crippen molar-refractivity contribution < 1.29 is 19.1 Å². The summed E-state index contributed by atoms with van der Waals surface area (Å²) in [6, 6.07) is 5.84. The highest BCUT2D eigenvalue weighted by atomic mass is 16.5. The molecule has 130 valence electrons. The van der Waals surface area contributed by atoms with Gasteiger partial charge in [-0.25, -0.2) is 0 Å². The molecule has 1 aromatic carbocycles. The first-order valence-electron chi connectivity index (χ1n) is 8.37. The Balaban J connectivity index is 1.69. The second kappa shape index (κ2) is 6.81. The molecule has 2 amide bonds. The van der Waals surface area contributed by atoms with Crippen molar-refractivity contribution in [3.63, 3.8) is 0 Å². The van der Waals surface area contributed by atoms with Crippen LogP contribution in [0.2, 0.25) is 0 Å². The van der Waals surface area contributed by atoms with Crippen LogP contribution in [0, 0.1) is 6.92 Å². The number of rotatable bonds is 3. The quantitative estimate of drug-likeness (QED) is 0.881. The molecule has 24 heavy (non-hydrogen) atoms. The molecule has 0 radical (unpaired) electrons. The molecule has 1 aromatic rings. The van der Waals surface area contributed by atoms with Gasteiger partial charge in [0.2, 0.25) is 5.91 Å². The Kier molecular flexibility index (Phi) is 4.76. The van der Waals surface area contributed by atoms with Crippen molar-refractivity contribution in [1.82, 2.24) is 10.6 Å². The highest BCUT2D eigenvalue weighted by molar-refractivity contribution is 5.97. The predicted molar refractivity (Wildman–Crippen MR) is 89.1 cm³/mol. The number of ether oxygens (including phenoxy) is 2. The van der Waals surface area contributed by atoms with Crippen LogP contribution in [0.5, 0.6) is 5.75 Å². The van der Waals surface area contributed by atoms with E-state index in [2.05, 4.69) is 10.6 Å². The molecule has 6 nitrogen and oxygen atoms in total. The molecule has 0 atom stereocenters. The Hall–Kier alpha value is -2.08. The van der Waals surface area contributed by atoms with E-state index in [1.165, 1.54) is 7.11 Å². The molecular weight excluding hydrogens is 308 g/mol. The number of fused-ring (bicyclic) bond motifs is 1. The Morgan fingerprint density at radius 2 is 2.17 bits per heavy atom. The lowest BCUT2D eigenvalue weighted by atomic mass is 9.81. The van der Waals surface area contributed by atoms with Gasteiger partial charge in [0.15, 0.2) is 0 Å². The summed E-state index contributed by atoms with van der Waals surface area (Å²) in [5.74, 6) is 0.480. The lowest BCUT2D eigenvalue weighted by molar-refractivity contribution is -0.126. The van der Waals surface area contributed by atoms with Crippen LogP contribution in [-0.2, 0) is 9.53 Å². The van der Waals surface area contributed by atoms with Crippen molar-refractivity contribution in [1.29, 1.82) is 0 Å². The van der Waals surface area contributed by atoms with Gasteiger partial charge in [-0.15, -0.1) is 0 Å². The second-order valence-corrected chi connectivity index (χ2v) is 6.74. The number of amides is 2. The van der Waals surface area contributed by atoms with Gasteiger partial charge in [-0.1, -0.05) is 11.6 Å². The molecular formula is C18H24N2O4. The molecule has 1 fully saturated rings. The van der Waals surface area contributed by atoms with Crippen molar-refractivity contribution >= 4 is 11.8 Å². The van der Waals surface area contributed by atoms with Gasteiger partial charge in [-0.3, -0.25) is 9.59 Å². The Bertz CT molecular complexity index is 636. The largest absolute Gasteiger partial charge is 0.485 e. The van der Waals surface area contributed by atoms with E-state index in [1.807, 2.05) is 25.1 Å². The van der Waals surface area contributed by atoms with Crippen LogP contribution in [0.3, 0.4) is 0 Å². The number of carbonyl (C=O) groups excluding carboxylic acids is 2. The van der Waals surface area contributed by atoms with Gasteiger partial charge in [-0.05, 0) is 44.7 Å². The Labute approximate surface area is 141 Å². The summed E-state index contributed by atoms with van der Waals surface area (Å²) in [7, 11) is 1.51. The van der Waals surface area contributed by atoms with Crippen LogP contribution in [0.15, 0.2) is 18.2 Å². The molecule has 1 aliphatic heterocycles. The van der Waals surface area contributed by atoms with Crippen molar-refractivity contribution in [3.8, 4) is 5.75 Å². The molecule has 0 unspecified atom stereocenters. The van der Waals surface area contributed by atoms with Crippen LogP contribution >= 0.6 is 0 Å². The molecule has 1 spiro atoms. The van der Waals surface area contributed by atoms with E-state index in [9.17, 15) is 9.59 Å². The van der Waals surface area contributed by atoms with Crippen LogP contribution in [0.4, 0.5) is 0 Å². The monoisotopic (exact) mass is 332 g/mol. The lowest BCUT2D eigenvalue weighted by Gasteiger charge is -2.39. The Morgan fingerprint density at radius 1 is 1.42 bits per heavy atom. The zero-order valence-corrected chi connectivity index (χ0v) is 14.2. The highest BCUT2D eigenvalue weighted by Crippen LogP contribution is 2.36. The first-order valence-corrected chi connectivity index (χ1v) is 8.37. The molecule has 0 saturated heterocycles. The fraction of sp³-hybridized carbons (Fsp3) is 0.556. The molecule has 1 heterocycles. The van der Waals surface area contributed by atoms with Crippen molar-refractivity contribution in [2.24, 2.45) is 0 Å². The summed E-state index contributed by atoms with van der Waals surface area (Å²) in [6.45, 7) is 2.54. The number of benzene rings is 1. The highest BCUT2D eigenvalue weighted by Gasteiger charge is 2.40. The summed E-state index contributed by atoms with van der Waals surface area (Å²) < 4.78 is 11.1. The summed E-state index contributed by atoms with van der Waals surface area (Å²) in [4.78, 5) is 24.0. The van der Waals surface area contributed by atoms with Gasteiger partial charge >= 0.3 is 0 Å². The molecule has 2 N–H and O–H groups in total. The van der Waals surface area contributed by atoms with Gasteiger partial charge in [0.25, 0.3) is 5.91 Å². The van der Waals surface area contributed by atoms with E-state index in [0.717, 1.165) is 31.2 Å². The molecule has 3 rings (SSSR count). The van der Waals surface area contributed by atoms with Crippen LogP contribution in [0.1, 0.15) is 41.6 Å². The predicted octanol–water partition coefficient (Wildman–Crippen LogP) is 1.56. The van der Waals surface area contributed by atoms with E-state index < -0.39 is 5.60 Å². The van der Waals surface area contributed by atoms with Crippen LogP contribution in [-0.4, -0.2) is 43.7 Å². The summed E-state index contributed by atoms with van der Waals surface area (Å²) in [5, 5.41) is 5.98. The van der Waals surface area contributed by atoms with Crippen LogP contribution in [0.25, 0.3) is 0 Å². The van der Waals surface area contributed by atoms with Gasteiger partial charge < -0.3 is 20.1 Å². The van der Waals surface area contributed by atoms with E-state index in [1.54, 1.807) is 0 Å². The van der Waals surface area contributed by atoms with Crippen molar-refractivity contribution in [2.75, 3.05) is 20.3 Å². The number of hydrogen-bond donors (Lipinski definition) is 2. The van der Waals surface area contributed by atoms with E-state index in [4.69, 9.17) is 9.47 Å². The molecule has 0 bridgehead atoms. The van der Waals surface area contributed by atoms with Crippen molar-refractivity contribution in [2.45, 2.75) is 44.2 Å². The maximum Gasteiger partial charge on any atom is 0.255 e. The van der Waals surface area contributed by atoms with Gasteiger partial charge in [0.1, 0.15) is 18.0 Å². The van der Waals surface area contributed by atoms with E-state index in [0.29, 0.717) is 17.9 Å². The topological polar surface area (TPSA) is 76.7 Å². The zero-order chi connectivity index (χ0) is 17.2. The molecule has 0 aromatic heterocycles. The molecule has 1 aliphatic carbocycles. The number of hydrogen-bond acceptors (Lipinski definition) is 4.